The Balaban J connectivity index is 2.88. The zero-order valence-corrected chi connectivity index (χ0v) is 34.3. The number of unbranched alkanes of at least 4 members (excludes halogenated alkanes) is 2. The maximum Gasteiger partial charge on any atom is 0.343 e. The molecular formula is C33H63BN3O8P2Si. The summed E-state index contributed by atoms with van der Waals surface area (Å²) in [6.07, 6.45) is 3.77. The van der Waals surface area contributed by atoms with E-state index in [4.69, 9.17) is 27.9 Å². The van der Waals surface area contributed by atoms with Crippen molar-refractivity contribution in [3.8, 4) is 6.07 Å². The molecule has 0 aromatic rings. The van der Waals surface area contributed by atoms with Gasteiger partial charge in [-0.2, -0.15) is 14.4 Å². The SMILES string of the molecule is CC(=O)CCCCCC(=O)N(C)CCN(C)C(=O)CC(O[Si](OC[C@H]1O[C@@H]([B]P)CC1OP(C)OCCC#N)(C(C)C)C(C)C)C(C)C. The first-order valence-corrected chi connectivity index (χ1v) is 21.7. The van der Waals surface area contributed by atoms with E-state index in [1.165, 1.54) is 0 Å². The Bertz CT molecular complexity index is 1010. The molecule has 1 radical (unpaired) electrons. The fourth-order valence-electron chi connectivity index (χ4n) is 5.63. The molecule has 0 aromatic carbocycles. The van der Waals surface area contributed by atoms with Crippen molar-refractivity contribution in [2.24, 2.45) is 5.92 Å². The number of nitriles is 1. The summed E-state index contributed by atoms with van der Waals surface area (Å²) in [7, 11) is 2.08. The number of carbonyl (C=O) groups excluding carboxylic acids is 3. The third-order valence-electron chi connectivity index (χ3n) is 8.79. The van der Waals surface area contributed by atoms with Crippen molar-refractivity contribution in [1.29, 1.82) is 5.26 Å². The molecule has 1 rings (SSSR count). The fourth-order valence-corrected chi connectivity index (χ4v) is 10.8. The van der Waals surface area contributed by atoms with Gasteiger partial charge in [-0.3, -0.25) is 9.59 Å². The summed E-state index contributed by atoms with van der Waals surface area (Å²) < 4.78 is 32.1. The van der Waals surface area contributed by atoms with Gasteiger partial charge in [-0.05, 0) is 43.2 Å². The third-order valence-corrected chi connectivity index (χ3v) is 14.8. The van der Waals surface area contributed by atoms with Crippen LogP contribution in [0.25, 0.3) is 0 Å². The molecule has 48 heavy (non-hydrogen) atoms. The average Bonchev–Trinajstić information content (AvgIpc) is 3.41. The van der Waals surface area contributed by atoms with Crippen LogP contribution in [0.5, 0.6) is 0 Å². The van der Waals surface area contributed by atoms with E-state index in [2.05, 4.69) is 56.7 Å². The Labute approximate surface area is 296 Å². The van der Waals surface area contributed by atoms with Crippen LogP contribution >= 0.6 is 17.5 Å². The van der Waals surface area contributed by atoms with E-state index >= 15 is 0 Å². The Morgan fingerprint density at radius 3 is 2.17 bits per heavy atom. The minimum atomic E-state index is -2.90. The second-order valence-corrected chi connectivity index (χ2v) is 19.8. The van der Waals surface area contributed by atoms with E-state index in [0.717, 1.165) is 19.3 Å². The molecule has 15 heteroatoms. The van der Waals surface area contributed by atoms with Crippen molar-refractivity contribution in [2.75, 3.05) is 47.1 Å². The summed E-state index contributed by atoms with van der Waals surface area (Å²) in [6, 6.07) is 2.00. The van der Waals surface area contributed by atoms with Gasteiger partial charge in [0.1, 0.15) is 11.9 Å². The average molecular weight is 731 g/mol. The van der Waals surface area contributed by atoms with E-state index in [1.54, 1.807) is 30.8 Å². The normalized spacial score (nSPS) is 19.4. The molecule has 1 aliphatic rings. The number of ether oxygens (including phenoxy) is 1. The van der Waals surface area contributed by atoms with Crippen LogP contribution in [0, 0.1) is 17.2 Å². The molecule has 1 aliphatic heterocycles. The summed E-state index contributed by atoms with van der Waals surface area (Å²) in [5, 5.41) is 8.83. The van der Waals surface area contributed by atoms with E-state index in [0.29, 0.717) is 52.0 Å². The van der Waals surface area contributed by atoms with Crippen LogP contribution in [-0.2, 0) is 37.0 Å². The predicted octanol–water partition coefficient (Wildman–Crippen LogP) is 6.02. The molecule has 0 aliphatic carbocycles. The van der Waals surface area contributed by atoms with Crippen molar-refractivity contribution in [3.05, 3.63) is 0 Å². The summed E-state index contributed by atoms with van der Waals surface area (Å²) in [5.41, 5.74) is 0.215. The highest BCUT2D eigenvalue weighted by molar-refractivity contribution is 7.56. The molecule has 4 unspecified atom stereocenters. The first-order valence-electron chi connectivity index (χ1n) is 17.5. The molecule has 0 N–H and O–H groups in total. The zero-order chi connectivity index (χ0) is 36.4. The minimum Gasteiger partial charge on any atom is -0.391 e. The van der Waals surface area contributed by atoms with Gasteiger partial charge in [-0.25, -0.2) is 0 Å². The van der Waals surface area contributed by atoms with Crippen LogP contribution in [0.2, 0.25) is 11.1 Å². The highest BCUT2D eigenvalue weighted by Crippen LogP contribution is 2.42. The zero-order valence-electron chi connectivity index (χ0n) is 31.2. The van der Waals surface area contributed by atoms with Crippen molar-refractivity contribution in [1.82, 2.24) is 9.80 Å². The van der Waals surface area contributed by atoms with Gasteiger partial charge in [0.15, 0.2) is 15.4 Å². The quantitative estimate of drug-likeness (QED) is 0.0630. The predicted molar refractivity (Wildman–Crippen MR) is 198 cm³/mol. The topological polar surface area (TPSA) is 128 Å². The van der Waals surface area contributed by atoms with Crippen LogP contribution in [-0.4, -0.2) is 114 Å². The second kappa shape index (κ2) is 23.5. The van der Waals surface area contributed by atoms with Gasteiger partial charge in [0.05, 0.1) is 44.3 Å². The lowest BCUT2D eigenvalue weighted by Crippen LogP contribution is -2.53. The summed E-state index contributed by atoms with van der Waals surface area (Å²) in [6.45, 7) is 19.6. The molecular weight excluding hydrogens is 667 g/mol. The molecule has 275 valence electrons. The molecule has 1 fully saturated rings. The number of amides is 2. The number of likely N-dealkylation sites (N-methyl/N-ethyl adjacent to an activating group) is 2. The maximum absolute atomic E-state index is 13.5. The van der Waals surface area contributed by atoms with Crippen molar-refractivity contribution in [3.63, 3.8) is 0 Å². The lowest BCUT2D eigenvalue weighted by Gasteiger charge is -2.42. The number of ketones is 1. The molecule has 0 saturated carbocycles. The molecule has 0 bridgehead atoms. The molecule has 0 spiro atoms. The summed E-state index contributed by atoms with van der Waals surface area (Å²) >= 11 is 0. The van der Waals surface area contributed by atoms with Crippen LogP contribution < -0.4 is 0 Å². The summed E-state index contributed by atoms with van der Waals surface area (Å²) in [4.78, 5) is 40.5. The first kappa shape index (κ1) is 45.1. The Hall–Kier alpha value is -0.958. The monoisotopic (exact) mass is 730 g/mol. The van der Waals surface area contributed by atoms with Crippen molar-refractivity contribution < 1.29 is 37.0 Å². The van der Waals surface area contributed by atoms with Gasteiger partial charge in [-0.15, -0.1) is 0 Å². The van der Waals surface area contributed by atoms with Gasteiger partial charge in [0.25, 0.3) is 0 Å². The van der Waals surface area contributed by atoms with E-state index < -0.39 is 16.9 Å². The molecule has 11 nitrogen and oxygen atoms in total. The van der Waals surface area contributed by atoms with E-state index in [9.17, 15) is 14.4 Å². The van der Waals surface area contributed by atoms with Crippen LogP contribution in [0.3, 0.4) is 0 Å². The highest BCUT2D eigenvalue weighted by atomic mass is 31.2. The number of Topliss-reactive ketones (excluding diaryl/α,β-unsaturated/α-hetero) is 1. The maximum atomic E-state index is 13.5. The van der Waals surface area contributed by atoms with Crippen LogP contribution in [0.15, 0.2) is 0 Å². The van der Waals surface area contributed by atoms with Gasteiger partial charge >= 0.3 is 8.56 Å². The smallest absolute Gasteiger partial charge is 0.343 e. The largest absolute Gasteiger partial charge is 0.391 e. The first-order chi connectivity index (χ1) is 22.6. The molecule has 0 aromatic heterocycles. The number of carbonyl (C=O) groups is 3. The fraction of sp³-hybridized carbons (Fsp3) is 0.879. The van der Waals surface area contributed by atoms with Gasteiger partial charge < -0.3 is 37.2 Å². The highest BCUT2D eigenvalue weighted by Gasteiger charge is 2.49. The lowest BCUT2D eigenvalue weighted by atomic mass is 9.94. The number of hydrogen-bond acceptors (Lipinski definition) is 9. The van der Waals surface area contributed by atoms with Crippen LogP contribution in [0.4, 0.5) is 0 Å². The Morgan fingerprint density at radius 1 is 1.02 bits per heavy atom. The van der Waals surface area contributed by atoms with E-state index in [1.807, 2.05) is 13.7 Å². The Kier molecular flexibility index (Phi) is 22.1. The van der Waals surface area contributed by atoms with E-state index in [-0.39, 0.29) is 65.3 Å². The number of rotatable bonds is 25. The second-order valence-electron chi connectivity index (χ2n) is 13.8. The van der Waals surface area contributed by atoms with Gasteiger partial charge in [0, 0.05) is 52.7 Å². The molecule has 1 heterocycles. The van der Waals surface area contributed by atoms with Crippen LogP contribution in [0.1, 0.15) is 99.8 Å². The van der Waals surface area contributed by atoms with Gasteiger partial charge in [0.2, 0.25) is 11.8 Å². The van der Waals surface area contributed by atoms with Gasteiger partial charge in [-0.1, -0.05) is 48.0 Å². The molecule has 2 amide bonds. The number of hydrogen-bond donors (Lipinski definition) is 0. The minimum absolute atomic E-state index is 0.0340. The van der Waals surface area contributed by atoms with Crippen molar-refractivity contribution in [2.45, 2.75) is 135 Å². The van der Waals surface area contributed by atoms with Crippen molar-refractivity contribution >= 4 is 50.7 Å². The standard InChI is InChI=1S/C33H63BN3O8P2Si/c1-24(2)28(22-33(40)37(9)19-18-36(8)32(39)16-13-11-12-15-27(7)38)45-48(25(3)4,26(5)6)42-23-30-29(21-31(34-46)43-30)44-47(10)41-20-14-17-35/h24-26,28-31H,11-16,18-23,46H2,1-10H3/t28?,29?,30-,31-,47?/m1/s1. The summed E-state index contributed by atoms with van der Waals surface area (Å²) in [5.74, 6) is 0.268. The number of nitrogens with zero attached hydrogens (tertiary/aromatic N) is 3. The lowest BCUT2D eigenvalue weighted by molar-refractivity contribution is -0.135. The molecule has 6 atom stereocenters. The molecule has 1 saturated heterocycles. The third kappa shape index (κ3) is 15.9. The Morgan fingerprint density at radius 2 is 1.62 bits per heavy atom.